The first-order valence-corrected chi connectivity index (χ1v) is 10.8. The average molecular weight is 416 g/mol. The van der Waals surface area contributed by atoms with Crippen LogP contribution in [0.2, 0.25) is 0 Å². The van der Waals surface area contributed by atoms with Gasteiger partial charge in [0.25, 0.3) is 0 Å². The number of aliphatic hydroxyl groups excluding tert-OH is 1. The Kier molecular flexibility index (Phi) is 6.39. The first-order valence-electron chi connectivity index (χ1n) is 9.93. The topological polar surface area (TPSA) is 73.7 Å². The Hall–Kier alpha value is -2.25. The van der Waals surface area contributed by atoms with Crippen LogP contribution in [0.3, 0.4) is 0 Å². The maximum atomic E-state index is 13.2. The van der Waals surface area contributed by atoms with Crippen LogP contribution in [0.25, 0.3) is 10.4 Å². The molecule has 3 rings (SSSR count). The van der Waals surface area contributed by atoms with Crippen molar-refractivity contribution >= 4 is 23.2 Å². The lowest BCUT2D eigenvalue weighted by Gasteiger charge is -2.35. The molecular weight excluding hydrogens is 386 g/mol. The molecule has 1 fully saturated rings. The van der Waals surface area contributed by atoms with Crippen LogP contribution < -0.4 is 0 Å². The van der Waals surface area contributed by atoms with Crippen molar-refractivity contribution in [2.45, 2.75) is 52.3 Å². The van der Waals surface area contributed by atoms with E-state index in [0.717, 1.165) is 21.7 Å². The van der Waals surface area contributed by atoms with Gasteiger partial charge in [-0.1, -0.05) is 38.1 Å². The Morgan fingerprint density at radius 1 is 1.28 bits per heavy atom. The van der Waals surface area contributed by atoms with Gasteiger partial charge < -0.3 is 14.9 Å². The number of aryl methyl sites for hydroxylation is 1. The zero-order valence-corrected chi connectivity index (χ0v) is 18.4. The first kappa shape index (κ1) is 21.5. The van der Waals surface area contributed by atoms with E-state index in [-0.39, 0.29) is 36.7 Å². The molecule has 0 spiro atoms. The molecule has 2 heterocycles. The third kappa shape index (κ3) is 4.36. The predicted molar refractivity (Wildman–Crippen MR) is 114 cm³/mol. The fraction of sp³-hybridized carbons (Fsp3) is 0.500. The Balaban J connectivity index is 1.84. The van der Waals surface area contributed by atoms with Gasteiger partial charge in [0.05, 0.1) is 28.2 Å². The number of likely N-dealkylation sites (tertiary alicyclic amines) is 1. The minimum absolute atomic E-state index is 0.120. The number of rotatable bonds is 5. The molecule has 3 atom stereocenters. The molecular formula is C22H29N3O3S. The molecule has 0 bridgehead atoms. The van der Waals surface area contributed by atoms with Gasteiger partial charge in [0.1, 0.15) is 6.04 Å². The van der Waals surface area contributed by atoms with Gasteiger partial charge in [-0.05, 0) is 24.0 Å². The highest BCUT2D eigenvalue weighted by molar-refractivity contribution is 7.13. The lowest BCUT2D eigenvalue weighted by atomic mass is 9.93. The van der Waals surface area contributed by atoms with Crippen LogP contribution in [0.5, 0.6) is 0 Å². The van der Waals surface area contributed by atoms with Crippen molar-refractivity contribution in [2.24, 2.45) is 5.92 Å². The number of hydrogen-bond acceptors (Lipinski definition) is 5. The van der Waals surface area contributed by atoms with Gasteiger partial charge in [0, 0.05) is 26.9 Å². The molecule has 1 aliphatic heterocycles. The van der Waals surface area contributed by atoms with E-state index in [4.69, 9.17) is 0 Å². The number of carbonyl (C=O) groups excluding carboxylic acids is 2. The minimum atomic E-state index is -0.652. The Labute approximate surface area is 176 Å². The zero-order valence-electron chi connectivity index (χ0n) is 17.6. The minimum Gasteiger partial charge on any atom is -0.391 e. The third-order valence-electron chi connectivity index (χ3n) is 5.62. The summed E-state index contributed by atoms with van der Waals surface area (Å²) in [5, 5.41) is 9.99. The van der Waals surface area contributed by atoms with Crippen molar-refractivity contribution in [1.82, 2.24) is 14.8 Å². The number of likely N-dealkylation sites (N-methyl/N-ethyl adjacent to an activating group) is 1. The van der Waals surface area contributed by atoms with Crippen LogP contribution in [0, 0.1) is 12.8 Å². The van der Waals surface area contributed by atoms with Crippen molar-refractivity contribution in [3.05, 3.63) is 41.0 Å². The molecule has 7 heteroatoms. The lowest BCUT2D eigenvalue weighted by Crippen LogP contribution is -2.47. The number of aliphatic hydroxyl groups is 1. The number of hydrogen-bond donors (Lipinski definition) is 1. The molecule has 1 N–H and O–H groups in total. The van der Waals surface area contributed by atoms with Gasteiger partial charge in [-0.15, -0.1) is 11.3 Å². The van der Waals surface area contributed by atoms with Crippen molar-refractivity contribution < 1.29 is 14.7 Å². The number of nitrogens with zero attached hydrogens (tertiary/aromatic N) is 3. The monoisotopic (exact) mass is 415 g/mol. The highest BCUT2D eigenvalue weighted by Gasteiger charge is 2.40. The summed E-state index contributed by atoms with van der Waals surface area (Å²) in [6.45, 7) is 7.83. The van der Waals surface area contributed by atoms with E-state index in [1.54, 1.807) is 23.3 Å². The molecule has 1 saturated heterocycles. The number of β-amino-alcohol motifs (C(OH)–C–C–N with tert-alkyl or cyclic N) is 1. The number of carbonyl (C=O) groups is 2. The summed E-state index contributed by atoms with van der Waals surface area (Å²) in [6, 6.07) is 7.55. The second-order valence-corrected chi connectivity index (χ2v) is 8.96. The molecule has 156 valence electrons. The Morgan fingerprint density at radius 3 is 2.45 bits per heavy atom. The number of aromatic nitrogens is 1. The quantitative estimate of drug-likeness (QED) is 0.814. The van der Waals surface area contributed by atoms with Crippen LogP contribution in [0.15, 0.2) is 29.8 Å². The van der Waals surface area contributed by atoms with Gasteiger partial charge >= 0.3 is 0 Å². The summed E-state index contributed by atoms with van der Waals surface area (Å²) >= 11 is 1.62. The Bertz CT molecular complexity index is 878. The maximum Gasteiger partial charge on any atom is 0.245 e. The molecule has 2 aromatic rings. The van der Waals surface area contributed by atoms with E-state index >= 15 is 0 Å². The van der Waals surface area contributed by atoms with Gasteiger partial charge in [-0.2, -0.15) is 0 Å². The first-order chi connectivity index (χ1) is 13.7. The molecule has 2 amide bonds. The second-order valence-electron chi connectivity index (χ2n) is 8.10. The maximum absolute atomic E-state index is 13.2. The number of benzene rings is 1. The van der Waals surface area contributed by atoms with Crippen LogP contribution in [0.4, 0.5) is 0 Å². The second kappa shape index (κ2) is 8.63. The van der Waals surface area contributed by atoms with Crippen LogP contribution in [-0.4, -0.2) is 57.4 Å². The predicted octanol–water partition coefficient (Wildman–Crippen LogP) is 3.26. The van der Waals surface area contributed by atoms with E-state index in [2.05, 4.69) is 43.1 Å². The molecule has 1 aliphatic rings. The van der Waals surface area contributed by atoms with E-state index in [1.807, 2.05) is 12.4 Å². The third-order valence-corrected chi connectivity index (χ3v) is 6.60. The molecule has 0 saturated carbocycles. The van der Waals surface area contributed by atoms with Gasteiger partial charge in [-0.3, -0.25) is 9.59 Å². The fourth-order valence-electron chi connectivity index (χ4n) is 4.23. The molecule has 1 aromatic heterocycles. The highest BCUT2D eigenvalue weighted by Crippen LogP contribution is 2.33. The summed E-state index contributed by atoms with van der Waals surface area (Å²) in [5.41, 5.74) is 5.03. The van der Waals surface area contributed by atoms with E-state index in [0.29, 0.717) is 0 Å². The van der Waals surface area contributed by atoms with Crippen LogP contribution in [0.1, 0.15) is 44.5 Å². The molecule has 0 aliphatic carbocycles. The fourth-order valence-corrected chi connectivity index (χ4v) is 5.05. The molecule has 0 radical (unpaired) electrons. The van der Waals surface area contributed by atoms with Crippen molar-refractivity contribution in [3.63, 3.8) is 0 Å². The molecule has 1 aromatic carbocycles. The van der Waals surface area contributed by atoms with Crippen LogP contribution in [-0.2, 0) is 9.59 Å². The van der Waals surface area contributed by atoms with Gasteiger partial charge in [0.15, 0.2) is 0 Å². The van der Waals surface area contributed by atoms with Gasteiger partial charge in [0.2, 0.25) is 11.8 Å². The van der Waals surface area contributed by atoms with Crippen LogP contribution >= 0.6 is 11.3 Å². The van der Waals surface area contributed by atoms with Gasteiger partial charge in [-0.25, -0.2) is 4.98 Å². The Morgan fingerprint density at radius 2 is 1.93 bits per heavy atom. The molecule has 1 unspecified atom stereocenters. The van der Waals surface area contributed by atoms with E-state index in [9.17, 15) is 14.7 Å². The molecule has 29 heavy (non-hydrogen) atoms. The number of thiazole rings is 1. The van der Waals surface area contributed by atoms with Crippen molar-refractivity contribution in [3.8, 4) is 10.4 Å². The summed E-state index contributed by atoms with van der Waals surface area (Å²) in [4.78, 5) is 33.8. The normalized spacial score (nSPS) is 20.2. The standard InChI is InChI=1S/C22H29N3O3S/c1-13(2)20(16-6-8-17(9-7-16)21-14(3)23-12-29-21)24(5)22(28)19-10-18(27)11-25(19)15(4)26/h6-9,12-13,18-20,27H,10-11H2,1-5H3/t18-,19+,20?/m1/s1. The van der Waals surface area contributed by atoms with Crippen molar-refractivity contribution in [2.75, 3.05) is 13.6 Å². The highest BCUT2D eigenvalue weighted by atomic mass is 32.1. The summed E-state index contributed by atoms with van der Waals surface area (Å²) in [6.07, 6.45) is -0.363. The van der Waals surface area contributed by atoms with E-state index < -0.39 is 12.1 Å². The summed E-state index contributed by atoms with van der Waals surface area (Å²) in [5.74, 6) is -0.117. The molecule has 6 nitrogen and oxygen atoms in total. The number of amides is 2. The SMILES string of the molecule is CC(=O)N1C[C@H](O)C[C@H]1C(=O)N(C)C(c1ccc(-c2scnc2C)cc1)C(C)C. The summed E-state index contributed by atoms with van der Waals surface area (Å²) < 4.78 is 0. The smallest absolute Gasteiger partial charge is 0.245 e. The summed E-state index contributed by atoms with van der Waals surface area (Å²) in [7, 11) is 1.79. The van der Waals surface area contributed by atoms with Crippen molar-refractivity contribution in [1.29, 1.82) is 0 Å². The zero-order chi connectivity index (χ0) is 21.3. The van der Waals surface area contributed by atoms with E-state index in [1.165, 1.54) is 11.8 Å². The lowest BCUT2D eigenvalue weighted by molar-refractivity contribution is -0.144. The largest absolute Gasteiger partial charge is 0.391 e. The average Bonchev–Trinajstić information content (AvgIpc) is 3.27.